The van der Waals surface area contributed by atoms with Gasteiger partial charge in [-0.25, -0.2) is 9.78 Å². The molecule has 18 heavy (non-hydrogen) atoms. The standard InChI is InChI=1S/C12H14N2O3S/c1-7-3-4-17-9(7)5-13-8(2)11-14-6-10(18-11)12(15)16/h3-4,6,8,13H,5H2,1-2H3,(H,15,16). The van der Waals surface area contributed by atoms with Crippen LogP contribution < -0.4 is 5.32 Å². The van der Waals surface area contributed by atoms with Crippen LogP contribution in [0.15, 0.2) is 22.9 Å². The molecule has 2 rings (SSSR count). The van der Waals surface area contributed by atoms with Crippen molar-refractivity contribution in [1.29, 1.82) is 0 Å². The average molecular weight is 266 g/mol. The lowest BCUT2D eigenvalue weighted by Gasteiger charge is -2.09. The van der Waals surface area contributed by atoms with Crippen molar-refractivity contribution in [2.45, 2.75) is 26.4 Å². The van der Waals surface area contributed by atoms with Crippen molar-refractivity contribution < 1.29 is 14.3 Å². The summed E-state index contributed by atoms with van der Waals surface area (Å²) < 4.78 is 5.32. The van der Waals surface area contributed by atoms with Gasteiger partial charge >= 0.3 is 5.97 Å². The van der Waals surface area contributed by atoms with Gasteiger partial charge in [-0.05, 0) is 25.5 Å². The number of carboxylic acid groups (broad SMARTS) is 1. The van der Waals surface area contributed by atoms with Crippen molar-refractivity contribution in [3.05, 3.63) is 39.7 Å². The summed E-state index contributed by atoms with van der Waals surface area (Å²) in [7, 11) is 0. The van der Waals surface area contributed by atoms with Crippen molar-refractivity contribution in [2.24, 2.45) is 0 Å². The molecule has 96 valence electrons. The number of aromatic nitrogens is 1. The van der Waals surface area contributed by atoms with Crippen LogP contribution >= 0.6 is 11.3 Å². The van der Waals surface area contributed by atoms with E-state index in [2.05, 4.69) is 10.3 Å². The summed E-state index contributed by atoms with van der Waals surface area (Å²) in [4.78, 5) is 15.1. The molecule has 6 heteroatoms. The van der Waals surface area contributed by atoms with Crippen LogP contribution in [0.1, 0.15) is 39.0 Å². The second kappa shape index (κ2) is 5.32. The maximum Gasteiger partial charge on any atom is 0.347 e. The third kappa shape index (κ3) is 2.77. The Balaban J connectivity index is 1.97. The minimum Gasteiger partial charge on any atom is -0.477 e. The number of aryl methyl sites for hydroxylation is 1. The lowest BCUT2D eigenvalue weighted by molar-refractivity contribution is 0.0702. The molecule has 0 amide bonds. The fourth-order valence-electron chi connectivity index (χ4n) is 1.50. The molecule has 0 aliphatic rings. The third-order valence-electron chi connectivity index (χ3n) is 2.64. The second-order valence-electron chi connectivity index (χ2n) is 4.00. The second-order valence-corrected chi connectivity index (χ2v) is 5.06. The molecule has 2 heterocycles. The van der Waals surface area contributed by atoms with E-state index in [-0.39, 0.29) is 10.9 Å². The van der Waals surface area contributed by atoms with Gasteiger partial charge in [0, 0.05) is 0 Å². The number of aromatic carboxylic acids is 1. The van der Waals surface area contributed by atoms with E-state index >= 15 is 0 Å². The van der Waals surface area contributed by atoms with Gasteiger partial charge in [0.1, 0.15) is 15.6 Å². The number of hydrogen-bond acceptors (Lipinski definition) is 5. The summed E-state index contributed by atoms with van der Waals surface area (Å²) in [5.41, 5.74) is 1.10. The molecule has 0 bridgehead atoms. The Morgan fingerprint density at radius 3 is 3.00 bits per heavy atom. The maximum absolute atomic E-state index is 10.8. The van der Waals surface area contributed by atoms with E-state index in [1.165, 1.54) is 17.5 Å². The number of thiazole rings is 1. The normalized spacial score (nSPS) is 12.6. The van der Waals surface area contributed by atoms with Crippen molar-refractivity contribution in [3.63, 3.8) is 0 Å². The SMILES string of the molecule is Cc1ccoc1CNC(C)c1ncc(C(=O)O)s1. The van der Waals surface area contributed by atoms with Crippen molar-refractivity contribution >= 4 is 17.3 Å². The van der Waals surface area contributed by atoms with Crippen LogP contribution in [-0.4, -0.2) is 16.1 Å². The summed E-state index contributed by atoms with van der Waals surface area (Å²) in [6.07, 6.45) is 3.04. The minimum atomic E-state index is -0.937. The zero-order valence-electron chi connectivity index (χ0n) is 10.1. The highest BCUT2D eigenvalue weighted by atomic mass is 32.1. The smallest absolute Gasteiger partial charge is 0.347 e. The summed E-state index contributed by atoms with van der Waals surface area (Å²) in [6.45, 7) is 4.53. The van der Waals surface area contributed by atoms with E-state index in [1.807, 2.05) is 19.9 Å². The van der Waals surface area contributed by atoms with Crippen molar-refractivity contribution in [3.8, 4) is 0 Å². The van der Waals surface area contributed by atoms with Crippen molar-refractivity contribution in [1.82, 2.24) is 10.3 Å². The minimum absolute atomic E-state index is 0.00685. The van der Waals surface area contributed by atoms with E-state index in [0.29, 0.717) is 6.54 Å². The number of furan rings is 1. The predicted molar refractivity (Wildman–Crippen MR) is 67.8 cm³/mol. The number of hydrogen-bond donors (Lipinski definition) is 2. The first-order valence-electron chi connectivity index (χ1n) is 5.53. The molecule has 1 unspecified atom stereocenters. The molecule has 0 radical (unpaired) electrons. The Morgan fingerprint density at radius 1 is 1.67 bits per heavy atom. The molecule has 2 N–H and O–H groups in total. The van der Waals surface area contributed by atoms with E-state index in [9.17, 15) is 4.79 Å². The summed E-state index contributed by atoms with van der Waals surface area (Å²) in [5, 5.41) is 12.8. The lowest BCUT2D eigenvalue weighted by Crippen LogP contribution is -2.17. The van der Waals surface area contributed by atoms with E-state index in [4.69, 9.17) is 9.52 Å². The van der Waals surface area contributed by atoms with E-state index < -0.39 is 5.97 Å². The molecule has 0 spiro atoms. The molecule has 0 saturated heterocycles. The molecule has 0 aliphatic heterocycles. The lowest BCUT2D eigenvalue weighted by atomic mass is 10.2. The van der Waals surface area contributed by atoms with Gasteiger partial charge in [-0.15, -0.1) is 11.3 Å². The van der Waals surface area contributed by atoms with Gasteiger partial charge in [0.25, 0.3) is 0 Å². The first kappa shape index (κ1) is 12.8. The maximum atomic E-state index is 10.8. The molecular weight excluding hydrogens is 252 g/mol. The van der Waals surface area contributed by atoms with E-state index in [1.54, 1.807) is 6.26 Å². The topological polar surface area (TPSA) is 75.4 Å². The van der Waals surface area contributed by atoms with Crippen LogP contribution in [0, 0.1) is 6.92 Å². The van der Waals surface area contributed by atoms with Gasteiger partial charge in [-0.2, -0.15) is 0 Å². The van der Waals surface area contributed by atoms with Crippen LogP contribution in [-0.2, 0) is 6.54 Å². The highest BCUT2D eigenvalue weighted by molar-refractivity contribution is 7.13. The number of nitrogens with zero attached hydrogens (tertiary/aromatic N) is 1. The van der Waals surface area contributed by atoms with Gasteiger partial charge < -0.3 is 14.8 Å². The van der Waals surface area contributed by atoms with Crippen LogP contribution in [0.4, 0.5) is 0 Å². The molecule has 2 aromatic heterocycles. The Bertz CT molecular complexity index is 547. The molecule has 0 fully saturated rings. The van der Waals surface area contributed by atoms with Gasteiger partial charge in [0.2, 0.25) is 0 Å². The molecule has 1 atom stereocenters. The fourth-order valence-corrected chi connectivity index (χ4v) is 2.29. The molecule has 5 nitrogen and oxygen atoms in total. The van der Waals surface area contributed by atoms with Crippen LogP contribution in [0.25, 0.3) is 0 Å². The monoisotopic (exact) mass is 266 g/mol. The van der Waals surface area contributed by atoms with Crippen LogP contribution in [0.3, 0.4) is 0 Å². The molecule has 0 aliphatic carbocycles. The van der Waals surface area contributed by atoms with Gasteiger partial charge in [0.05, 0.1) is 25.0 Å². The molecular formula is C12H14N2O3S. The van der Waals surface area contributed by atoms with Gasteiger partial charge in [-0.1, -0.05) is 0 Å². The number of carboxylic acids is 1. The van der Waals surface area contributed by atoms with Crippen LogP contribution in [0.5, 0.6) is 0 Å². The zero-order chi connectivity index (χ0) is 13.1. The predicted octanol–water partition coefficient (Wildman–Crippen LogP) is 2.59. The van der Waals surface area contributed by atoms with Gasteiger partial charge in [0.15, 0.2) is 0 Å². The Kier molecular flexibility index (Phi) is 3.78. The Hall–Kier alpha value is -1.66. The average Bonchev–Trinajstić information content (AvgIpc) is 2.94. The summed E-state index contributed by atoms with van der Waals surface area (Å²) >= 11 is 1.19. The first-order chi connectivity index (χ1) is 8.58. The molecule has 2 aromatic rings. The number of rotatable bonds is 5. The zero-order valence-corrected chi connectivity index (χ0v) is 11.0. The van der Waals surface area contributed by atoms with Gasteiger partial charge in [-0.3, -0.25) is 0 Å². The Morgan fingerprint density at radius 2 is 2.44 bits per heavy atom. The largest absolute Gasteiger partial charge is 0.477 e. The third-order valence-corrected chi connectivity index (χ3v) is 3.81. The first-order valence-corrected chi connectivity index (χ1v) is 6.35. The van der Waals surface area contributed by atoms with Crippen LogP contribution in [0.2, 0.25) is 0 Å². The Labute approximate surface area is 108 Å². The number of carbonyl (C=O) groups is 1. The highest BCUT2D eigenvalue weighted by Crippen LogP contribution is 2.20. The summed E-state index contributed by atoms with van der Waals surface area (Å²) in [5.74, 6) is -0.0512. The molecule has 0 aromatic carbocycles. The quantitative estimate of drug-likeness (QED) is 0.870. The fraction of sp³-hybridized carbons (Fsp3) is 0.333. The van der Waals surface area contributed by atoms with Crippen molar-refractivity contribution in [2.75, 3.05) is 0 Å². The van der Waals surface area contributed by atoms with E-state index in [0.717, 1.165) is 16.3 Å². The highest BCUT2D eigenvalue weighted by Gasteiger charge is 2.14. The molecule has 0 saturated carbocycles. The number of nitrogens with one attached hydrogen (secondary N) is 1. The summed E-state index contributed by atoms with van der Waals surface area (Å²) in [6, 6.07) is 1.90.